The molecule has 0 spiro atoms. The van der Waals surface area contributed by atoms with E-state index in [-0.39, 0.29) is 0 Å². The summed E-state index contributed by atoms with van der Waals surface area (Å²) in [6.45, 7) is 0.835. The lowest BCUT2D eigenvalue weighted by Gasteiger charge is -1.97. The van der Waals surface area contributed by atoms with Crippen LogP contribution >= 0.6 is 0 Å². The minimum Gasteiger partial charge on any atom is -0.366 e. The van der Waals surface area contributed by atoms with Gasteiger partial charge >= 0.3 is 0 Å². The summed E-state index contributed by atoms with van der Waals surface area (Å²) in [5.41, 5.74) is 3.57. The molecule has 3 nitrogen and oxygen atoms in total. The highest BCUT2D eigenvalue weighted by Crippen LogP contribution is 2.30. The van der Waals surface area contributed by atoms with Crippen molar-refractivity contribution >= 4 is 22.3 Å². The van der Waals surface area contributed by atoms with Crippen LogP contribution in [0.2, 0.25) is 0 Å². The molecule has 2 aromatic rings. The average Bonchev–Trinajstić information content (AvgIpc) is 2.64. The molecule has 1 aliphatic heterocycles. The number of aromatic nitrogens is 1. The number of hydrogen-bond acceptors (Lipinski definition) is 2. The number of anilines is 2. The minimum atomic E-state index is 0.835. The molecule has 1 aliphatic rings. The van der Waals surface area contributed by atoms with Gasteiger partial charge in [0.1, 0.15) is 0 Å². The zero-order valence-electron chi connectivity index (χ0n) is 6.52. The molecular formula is C9H9N3. The van der Waals surface area contributed by atoms with Gasteiger partial charge in [-0.3, -0.25) is 0 Å². The molecule has 60 valence electrons. The standard InChI is InChI=1S/C9H9N3/c1-2-10-7-4-9-8(3-6(1)7)11-5-12-9/h1-4,10-12H,5H2. The number of rotatable bonds is 0. The maximum Gasteiger partial charge on any atom is 0.0850 e. The zero-order chi connectivity index (χ0) is 7.97. The molecule has 12 heavy (non-hydrogen) atoms. The topological polar surface area (TPSA) is 39.9 Å². The van der Waals surface area contributed by atoms with Gasteiger partial charge in [-0.15, -0.1) is 0 Å². The third kappa shape index (κ3) is 0.652. The van der Waals surface area contributed by atoms with Crippen LogP contribution in [-0.4, -0.2) is 11.7 Å². The summed E-state index contributed by atoms with van der Waals surface area (Å²) < 4.78 is 0. The van der Waals surface area contributed by atoms with Gasteiger partial charge in [0.15, 0.2) is 0 Å². The highest BCUT2D eigenvalue weighted by atomic mass is 15.1. The van der Waals surface area contributed by atoms with Gasteiger partial charge in [-0.2, -0.15) is 0 Å². The highest BCUT2D eigenvalue weighted by Gasteiger charge is 2.09. The first-order valence-electron chi connectivity index (χ1n) is 4.02. The largest absolute Gasteiger partial charge is 0.366 e. The van der Waals surface area contributed by atoms with Gasteiger partial charge < -0.3 is 15.6 Å². The van der Waals surface area contributed by atoms with Gasteiger partial charge in [0, 0.05) is 17.1 Å². The van der Waals surface area contributed by atoms with Crippen molar-refractivity contribution in [2.45, 2.75) is 0 Å². The Labute approximate surface area is 69.8 Å². The maximum absolute atomic E-state index is 3.26. The molecule has 3 heteroatoms. The Bertz CT molecular complexity index is 392. The van der Waals surface area contributed by atoms with Crippen molar-refractivity contribution in [3.8, 4) is 0 Å². The number of aromatic amines is 1. The first kappa shape index (κ1) is 5.94. The Balaban J connectivity index is 2.38. The summed E-state index contributed by atoms with van der Waals surface area (Å²) in [6.07, 6.45) is 1.96. The number of hydrogen-bond donors (Lipinski definition) is 3. The lowest BCUT2D eigenvalue weighted by atomic mass is 10.2. The molecular weight excluding hydrogens is 150 g/mol. The van der Waals surface area contributed by atoms with E-state index in [1.807, 2.05) is 6.20 Å². The smallest absolute Gasteiger partial charge is 0.0850 e. The quantitative estimate of drug-likeness (QED) is 0.550. The van der Waals surface area contributed by atoms with Crippen molar-refractivity contribution < 1.29 is 0 Å². The molecule has 0 atom stereocenters. The Morgan fingerprint density at radius 3 is 2.83 bits per heavy atom. The van der Waals surface area contributed by atoms with Crippen LogP contribution < -0.4 is 10.6 Å². The maximum atomic E-state index is 3.26. The van der Waals surface area contributed by atoms with E-state index in [1.54, 1.807) is 0 Å². The van der Waals surface area contributed by atoms with Gasteiger partial charge in [0.25, 0.3) is 0 Å². The number of H-pyrrole nitrogens is 1. The normalized spacial score (nSPS) is 14.0. The van der Waals surface area contributed by atoms with Crippen LogP contribution in [0.1, 0.15) is 0 Å². The van der Waals surface area contributed by atoms with E-state index in [9.17, 15) is 0 Å². The van der Waals surface area contributed by atoms with E-state index < -0.39 is 0 Å². The van der Waals surface area contributed by atoms with Crippen molar-refractivity contribution in [1.29, 1.82) is 0 Å². The number of fused-ring (bicyclic) bond motifs is 2. The van der Waals surface area contributed by atoms with Crippen molar-refractivity contribution in [2.24, 2.45) is 0 Å². The summed E-state index contributed by atoms with van der Waals surface area (Å²) in [4.78, 5) is 3.18. The molecule has 1 aromatic carbocycles. The predicted octanol–water partition coefficient (Wildman–Crippen LogP) is 1.96. The van der Waals surface area contributed by atoms with Crippen LogP contribution in [0.3, 0.4) is 0 Å². The lowest BCUT2D eigenvalue weighted by Crippen LogP contribution is -1.98. The molecule has 0 bridgehead atoms. The first-order valence-corrected chi connectivity index (χ1v) is 4.02. The SMILES string of the molecule is c1cc2cc3c(cc2[nH]1)NCN3. The van der Waals surface area contributed by atoms with Gasteiger partial charge in [-0.1, -0.05) is 0 Å². The Kier molecular flexibility index (Phi) is 0.961. The van der Waals surface area contributed by atoms with Crippen molar-refractivity contribution in [3.63, 3.8) is 0 Å². The Hall–Kier alpha value is -1.64. The van der Waals surface area contributed by atoms with Crippen LogP contribution in [0, 0.1) is 0 Å². The Morgan fingerprint density at radius 2 is 1.92 bits per heavy atom. The molecule has 0 radical (unpaired) electrons. The fraction of sp³-hybridized carbons (Fsp3) is 0.111. The molecule has 3 rings (SSSR count). The summed E-state index contributed by atoms with van der Waals surface area (Å²) in [5.74, 6) is 0. The summed E-state index contributed by atoms with van der Waals surface area (Å²) >= 11 is 0. The minimum absolute atomic E-state index is 0.835. The van der Waals surface area contributed by atoms with Crippen molar-refractivity contribution in [1.82, 2.24) is 4.98 Å². The van der Waals surface area contributed by atoms with Crippen LogP contribution in [0.5, 0.6) is 0 Å². The molecule has 0 amide bonds. The molecule has 3 N–H and O–H groups in total. The van der Waals surface area contributed by atoms with E-state index in [0.717, 1.165) is 6.67 Å². The van der Waals surface area contributed by atoms with Crippen molar-refractivity contribution in [2.75, 3.05) is 17.3 Å². The van der Waals surface area contributed by atoms with E-state index in [1.165, 1.54) is 22.3 Å². The van der Waals surface area contributed by atoms with Crippen molar-refractivity contribution in [3.05, 3.63) is 24.4 Å². The third-order valence-corrected chi connectivity index (χ3v) is 2.25. The van der Waals surface area contributed by atoms with Gasteiger partial charge in [-0.05, 0) is 18.2 Å². The van der Waals surface area contributed by atoms with Gasteiger partial charge in [-0.25, -0.2) is 0 Å². The van der Waals surface area contributed by atoms with Gasteiger partial charge in [0.05, 0.1) is 18.0 Å². The second-order valence-electron chi connectivity index (χ2n) is 2.99. The number of benzene rings is 1. The molecule has 2 heterocycles. The highest BCUT2D eigenvalue weighted by molar-refractivity contribution is 5.91. The number of nitrogens with one attached hydrogen (secondary N) is 3. The fourth-order valence-corrected chi connectivity index (χ4v) is 1.63. The van der Waals surface area contributed by atoms with Crippen LogP contribution in [0.4, 0.5) is 11.4 Å². The summed E-state index contributed by atoms with van der Waals surface area (Å²) in [5, 5.41) is 7.76. The second-order valence-corrected chi connectivity index (χ2v) is 2.99. The average molecular weight is 159 g/mol. The molecule has 0 aliphatic carbocycles. The van der Waals surface area contributed by atoms with Gasteiger partial charge in [0.2, 0.25) is 0 Å². The molecule has 0 saturated carbocycles. The lowest BCUT2D eigenvalue weighted by molar-refractivity contribution is 1.31. The van der Waals surface area contributed by atoms with E-state index >= 15 is 0 Å². The van der Waals surface area contributed by atoms with E-state index in [4.69, 9.17) is 0 Å². The fourth-order valence-electron chi connectivity index (χ4n) is 1.63. The molecule has 0 saturated heterocycles. The molecule has 1 aromatic heterocycles. The summed E-state index contributed by atoms with van der Waals surface area (Å²) in [7, 11) is 0. The molecule has 0 fully saturated rings. The van der Waals surface area contributed by atoms with Crippen LogP contribution in [0.25, 0.3) is 10.9 Å². The summed E-state index contributed by atoms with van der Waals surface area (Å²) in [6, 6.07) is 6.36. The Morgan fingerprint density at radius 1 is 1.08 bits per heavy atom. The van der Waals surface area contributed by atoms with Crippen LogP contribution in [0.15, 0.2) is 24.4 Å². The second kappa shape index (κ2) is 1.94. The van der Waals surface area contributed by atoms with Crippen LogP contribution in [-0.2, 0) is 0 Å². The predicted molar refractivity (Wildman–Crippen MR) is 50.4 cm³/mol. The third-order valence-electron chi connectivity index (χ3n) is 2.25. The zero-order valence-corrected chi connectivity index (χ0v) is 6.52. The van der Waals surface area contributed by atoms with E-state index in [0.29, 0.717) is 0 Å². The monoisotopic (exact) mass is 159 g/mol. The van der Waals surface area contributed by atoms with E-state index in [2.05, 4.69) is 33.8 Å². The first-order chi connectivity index (χ1) is 5.93. The molecule has 0 unspecified atom stereocenters.